The van der Waals surface area contributed by atoms with Crippen molar-refractivity contribution < 1.29 is 4.92 Å². The van der Waals surface area contributed by atoms with E-state index in [1.165, 1.54) is 6.07 Å². The van der Waals surface area contributed by atoms with Crippen LogP contribution < -0.4 is 5.46 Å². The third kappa shape index (κ3) is 1.30. The Morgan fingerprint density at radius 2 is 2.14 bits per heavy atom. The molecule has 2 aromatic rings. The maximum Gasteiger partial charge on any atom is 0.265 e. The van der Waals surface area contributed by atoms with Crippen molar-refractivity contribution in [3.8, 4) is 0 Å². The molecule has 0 unspecified atom stereocenters. The minimum Gasteiger partial charge on any atom is -0.258 e. The Bertz CT molecular complexity index is 529. The van der Waals surface area contributed by atoms with Crippen molar-refractivity contribution in [1.82, 2.24) is 8.75 Å². The third-order valence-corrected chi connectivity index (χ3v) is 2.84. The predicted molar refractivity (Wildman–Crippen MR) is 57.2 cm³/mol. The molecule has 0 fully saturated rings. The fourth-order valence-corrected chi connectivity index (χ4v) is 2.24. The lowest BCUT2D eigenvalue weighted by atomic mass is 9.92. The Hall–Kier alpha value is -1.02. The summed E-state index contributed by atoms with van der Waals surface area (Å²) in [5.41, 5.74) is 0.827. The van der Waals surface area contributed by atoms with Gasteiger partial charge in [0.1, 0.15) is 18.9 Å². The first-order chi connectivity index (χ1) is 6.61. The molecule has 0 saturated heterocycles. The first-order valence-corrected chi connectivity index (χ1v) is 4.98. The number of hydrogen-bond acceptors (Lipinski definition) is 5. The lowest BCUT2D eigenvalue weighted by Gasteiger charge is -1.98. The summed E-state index contributed by atoms with van der Waals surface area (Å²) >= 11 is 4.14. The zero-order chi connectivity index (χ0) is 10.3. The number of halogens is 1. The average molecular weight is 270 g/mol. The van der Waals surface area contributed by atoms with Gasteiger partial charge in [0.15, 0.2) is 0 Å². The fourth-order valence-electron chi connectivity index (χ4n) is 1.06. The number of nitro benzene ring substituents is 1. The van der Waals surface area contributed by atoms with E-state index in [0.29, 0.717) is 15.5 Å². The number of nitrogens with zero attached hydrogens (tertiary/aromatic N) is 3. The van der Waals surface area contributed by atoms with Crippen LogP contribution in [0.5, 0.6) is 0 Å². The quantitative estimate of drug-likeness (QED) is 0.443. The lowest BCUT2D eigenvalue weighted by molar-refractivity contribution is -0.383. The molecule has 0 saturated carbocycles. The first-order valence-electron chi connectivity index (χ1n) is 3.46. The van der Waals surface area contributed by atoms with Crippen LogP contribution in [0.1, 0.15) is 0 Å². The monoisotopic (exact) mass is 269 g/mol. The van der Waals surface area contributed by atoms with Gasteiger partial charge in [0, 0.05) is 11.5 Å². The molecule has 1 heterocycles. The smallest absolute Gasteiger partial charge is 0.258 e. The van der Waals surface area contributed by atoms with E-state index in [1.807, 2.05) is 0 Å². The van der Waals surface area contributed by atoms with Crippen LogP contribution in [-0.2, 0) is 0 Å². The SMILES string of the molecule is [B]c1c([N+](=O)[O-])cc(Br)c2nsnc12. The van der Waals surface area contributed by atoms with Crippen molar-refractivity contribution in [1.29, 1.82) is 0 Å². The summed E-state index contributed by atoms with van der Waals surface area (Å²) in [4.78, 5) is 10.1. The van der Waals surface area contributed by atoms with E-state index < -0.39 is 4.92 Å². The Labute approximate surface area is 92.1 Å². The maximum absolute atomic E-state index is 10.6. The number of nitro groups is 1. The van der Waals surface area contributed by atoms with Gasteiger partial charge in [0.25, 0.3) is 5.69 Å². The molecule has 0 aliphatic carbocycles. The third-order valence-electron chi connectivity index (χ3n) is 1.71. The summed E-state index contributed by atoms with van der Waals surface area (Å²) in [6.07, 6.45) is 0. The molecule has 0 amide bonds. The molecule has 68 valence electrons. The summed E-state index contributed by atoms with van der Waals surface area (Å²) < 4.78 is 8.38. The first kappa shape index (κ1) is 9.54. The van der Waals surface area contributed by atoms with Gasteiger partial charge in [-0.15, -0.1) is 0 Å². The van der Waals surface area contributed by atoms with E-state index in [0.717, 1.165) is 11.7 Å². The summed E-state index contributed by atoms with van der Waals surface area (Å²) in [7, 11) is 5.57. The van der Waals surface area contributed by atoms with Crippen molar-refractivity contribution in [3.63, 3.8) is 0 Å². The second kappa shape index (κ2) is 3.28. The van der Waals surface area contributed by atoms with E-state index in [9.17, 15) is 10.1 Å². The lowest BCUT2D eigenvalue weighted by Crippen LogP contribution is -2.11. The van der Waals surface area contributed by atoms with E-state index >= 15 is 0 Å². The highest BCUT2D eigenvalue weighted by molar-refractivity contribution is 9.10. The molecule has 1 aromatic heterocycles. The number of rotatable bonds is 1. The van der Waals surface area contributed by atoms with Crippen LogP contribution in [0.4, 0.5) is 5.69 Å². The molecular formula is C6HBBrN3O2S. The molecule has 5 nitrogen and oxygen atoms in total. The molecule has 2 radical (unpaired) electrons. The molecule has 0 atom stereocenters. The molecule has 1 aromatic carbocycles. The van der Waals surface area contributed by atoms with E-state index in [2.05, 4.69) is 24.7 Å². The molecular weight excluding hydrogens is 269 g/mol. The molecule has 0 N–H and O–H groups in total. The average Bonchev–Trinajstić information content (AvgIpc) is 2.59. The van der Waals surface area contributed by atoms with E-state index in [4.69, 9.17) is 7.85 Å². The number of fused-ring (bicyclic) bond motifs is 1. The van der Waals surface area contributed by atoms with Crippen LogP contribution in [0.2, 0.25) is 0 Å². The number of aromatic nitrogens is 2. The highest BCUT2D eigenvalue weighted by atomic mass is 79.9. The van der Waals surface area contributed by atoms with Crippen molar-refractivity contribution in [3.05, 3.63) is 20.7 Å². The standard InChI is InChI=1S/C6HBBrN3O2S/c7-4-3(11(12)13)1-2(8)5-6(4)10-14-9-5/h1H. The van der Waals surface area contributed by atoms with Crippen LogP contribution in [0, 0.1) is 10.1 Å². The van der Waals surface area contributed by atoms with Gasteiger partial charge in [-0.2, -0.15) is 8.75 Å². The van der Waals surface area contributed by atoms with Gasteiger partial charge in [-0.25, -0.2) is 0 Å². The van der Waals surface area contributed by atoms with Crippen molar-refractivity contribution in [2.45, 2.75) is 0 Å². The number of hydrogen-bond donors (Lipinski definition) is 0. The van der Waals surface area contributed by atoms with Gasteiger partial charge in [-0.3, -0.25) is 10.1 Å². The molecule has 0 bridgehead atoms. The highest BCUT2D eigenvalue weighted by Crippen LogP contribution is 2.25. The summed E-state index contributed by atoms with van der Waals surface area (Å²) in [5, 5.41) is 10.6. The Kier molecular flexibility index (Phi) is 2.24. The van der Waals surface area contributed by atoms with Gasteiger partial charge < -0.3 is 0 Å². The van der Waals surface area contributed by atoms with Crippen molar-refractivity contribution >= 4 is 57.7 Å². The Balaban J connectivity index is 2.88. The van der Waals surface area contributed by atoms with E-state index in [1.54, 1.807) is 0 Å². The molecule has 14 heavy (non-hydrogen) atoms. The Morgan fingerprint density at radius 1 is 1.50 bits per heavy atom. The molecule has 2 rings (SSSR count). The van der Waals surface area contributed by atoms with E-state index in [-0.39, 0.29) is 11.2 Å². The van der Waals surface area contributed by atoms with Gasteiger partial charge in [-0.05, 0) is 15.9 Å². The summed E-state index contributed by atoms with van der Waals surface area (Å²) in [5.74, 6) is 0. The normalized spacial score (nSPS) is 10.6. The summed E-state index contributed by atoms with van der Waals surface area (Å²) in [6, 6.07) is 1.33. The van der Waals surface area contributed by atoms with Gasteiger partial charge >= 0.3 is 0 Å². The van der Waals surface area contributed by atoms with Crippen molar-refractivity contribution in [2.24, 2.45) is 0 Å². The van der Waals surface area contributed by atoms with Gasteiger partial charge in [-0.1, -0.05) is 0 Å². The minimum atomic E-state index is -0.543. The van der Waals surface area contributed by atoms with Crippen LogP contribution in [-0.4, -0.2) is 21.5 Å². The zero-order valence-corrected chi connectivity index (χ0v) is 9.00. The second-order valence-corrected chi connectivity index (χ2v) is 3.89. The second-order valence-electron chi connectivity index (χ2n) is 2.51. The largest absolute Gasteiger partial charge is 0.265 e. The topological polar surface area (TPSA) is 68.9 Å². The van der Waals surface area contributed by atoms with Crippen LogP contribution in [0.25, 0.3) is 11.0 Å². The fraction of sp³-hybridized carbons (Fsp3) is 0. The molecule has 0 spiro atoms. The van der Waals surface area contributed by atoms with Gasteiger partial charge in [0.05, 0.1) is 21.1 Å². The zero-order valence-electron chi connectivity index (χ0n) is 6.60. The van der Waals surface area contributed by atoms with Crippen molar-refractivity contribution in [2.75, 3.05) is 0 Å². The molecule has 8 heteroatoms. The Morgan fingerprint density at radius 3 is 2.79 bits per heavy atom. The minimum absolute atomic E-state index is 0.0574. The predicted octanol–water partition coefficient (Wildman–Crippen LogP) is 1.16. The van der Waals surface area contributed by atoms with Crippen LogP contribution in [0.3, 0.4) is 0 Å². The number of benzene rings is 1. The summed E-state index contributed by atoms with van der Waals surface area (Å²) in [6.45, 7) is 0. The van der Waals surface area contributed by atoms with Gasteiger partial charge in [0.2, 0.25) is 0 Å². The van der Waals surface area contributed by atoms with Crippen LogP contribution >= 0.6 is 27.7 Å². The maximum atomic E-state index is 10.6. The highest BCUT2D eigenvalue weighted by Gasteiger charge is 2.17. The molecule has 0 aliphatic rings. The molecule has 0 aliphatic heterocycles. The van der Waals surface area contributed by atoms with Crippen LogP contribution in [0.15, 0.2) is 10.5 Å².